The molecule has 3 rings (SSSR count). The summed E-state index contributed by atoms with van der Waals surface area (Å²) >= 11 is 0. The normalized spacial score (nSPS) is 14.0. The molecule has 0 saturated carbocycles. The van der Waals surface area contributed by atoms with Gasteiger partial charge in [-0.3, -0.25) is 14.5 Å². The highest BCUT2D eigenvalue weighted by molar-refractivity contribution is 6.06. The van der Waals surface area contributed by atoms with Crippen molar-refractivity contribution in [3.63, 3.8) is 0 Å². The maximum Gasteiger partial charge on any atom is 0.325 e. The van der Waals surface area contributed by atoms with E-state index < -0.39 is 17.8 Å². The van der Waals surface area contributed by atoms with Crippen molar-refractivity contribution in [2.45, 2.75) is 13.8 Å². The van der Waals surface area contributed by atoms with Crippen molar-refractivity contribution in [3.05, 3.63) is 35.7 Å². The molecule has 0 unspecified atom stereocenters. The molecule has 8 nitrogen and oxygen atoms in total. The van der Waals surface area contributed by atoms with E-state index in [9.17, 15) is 14.4 Å². The number of carbonyl (C=O) groups is 3. The highest BCUT2D eigenvalue weighted by Crippen LogP contribution is 2.24. The molecule has 1 saturated heterocycles. The average molecular weight is 328 g/mol. The summed E-state index contributed by atoms with van der Waals surface area (Å²) in [5.74, 6) is 0.320. The van der Waals surface area contributed by atoms with Gasteiger partial charge >= 0.3 is 6.03 Å². The molecule has 1 aliphatic rings. The molecule has 8 heteroatoms. The summed E-state index contributed by atoms with van der Waals surface area (Å²) in [6, 6.07) is 6.44. The van der Waals surface area contributed by atoms with Gasteiger partial charge in [-0.1, -0.05) is 6.07 Å². The van der Waals surface area contributed by atoms with Crippen LogP contribution in [0.4, 0.5) is 10.5 Å². The number of nitrogens with zero attached hydrogens (tertiary/aromatic N) is 2. The first kappa shape index (κ1) is 15.7. The van der Waals surface area contributed by atoms with Gasteiger partial charge in [0.05, 0.1) is 12.2 Å². The van der Waals surface area contributed by atoms with E-state index in [1.165, 1.54) is 0 Å². The molecule has 1 fully saturated rings. The molecule has 2 heterocycles. The second-order valence-electron chi connectivity index (χ2n) is 5.43. The Hall–Kier alpha value is -3.16. The molecular weight excluding hydrogens is 312 g/mol. The number of benzene rings is 1. The zero-order valence-corrected chi connectivity index (χ0v) is 13.3. The summed E-state index contributed by atoms with van der Waals surface area (Å²) < 4.78 is 5.57. The van der Waals surface area contributed by atoms with Crippen LogP contribution in [0.1, 0.15) is 11.5 Å². The Morgan fingerprint density at radius 2 is 2.17 bits per heavy atom. The van der Waals surface area contributed by atoms with Gasteiger partial charge in [0.15, 0.2) is 0 Å². The summed E-state index contributed by atoms with van der Waals surface area (Å²) in [6.07, 6.45) is 0. The smallest absolute Gasteiger partial charge is 0.325 e. The largest absolute Gasteiger partial charge is 0.441 e. The lowest BCUT2D eigenvalue weighted by atomic mass is 10.2. The summed E-state index contributed by atoms with van der Waals surface area (Å²) in [7, 11) is 0. The first-order chi connectivity index (χ1) is 11.4. The number of hydrogen-bond acceptors (Lipinski definition) is 5. The predicted octanol–water partition coefficient (Wildman–Crippen LogP) is 1.45. The number of amides is 4. The quantitative estimate of drug-likeness (QED) is 0.827. The molecule has 0 spiro atoms. The number of nitrogens with one attached hydrogen (secondary N) is 2. The van der Waals surface area contributed by atoms with E-state index in [4.69, 9.17) is 4.42 Å². The fraction of sp³-hybridized carbons (Fsp3) is 0.250. The van der Waals surface area contributed by atoms with Gasteiger partial charge in [0.2, 0.25) is 11.8 Å². The van der Waals surface area contributed by atoms with E-state index in [-0.39, 0.29) is 13.1 Å². The molecule has 0 atom stereocenters. The number of hydrogen-bond donors (Lipinski definition) is 2. The van der Waals surface area contributed by atoms with Crippen LogP contribution < -0.4 is 10.6 Å². The molecule has 1 aromatic heterocycles. The minimum atomic E-state index is -0.561. The summed E-state index contributed by atoms with van der Waals surface area (Å²) in [4.78, 5) is 40.2. The number of urea groups is 1. The zero-order valence-electron chi connectivity index (χ0n) is 13.3. The van der Waals surface area contributed by atoms with Gasteiger partial charge < -0.3 is 15.1 Å². The Bertz CT molecular complexity index is 792. The van der Waals surface area contributed by atoms with Gasteiger partial charge in [-0.25, -0.2) is 9.78 Å². The highest BCUT2D eigenvalue weighted by atomic mass is 16.4. The second-order valence-corrected chi connectivity index (χ2v) is 5.43. The molecule has 2 N–H and O–H groups in total. The minimum Gasteiger partial charge on any atom is -0.441 e. The van der Waals surface area contributed by atoms with Gasteiger partial charge in [-0.15, -0.1) is 0 Å². The van der Waals surface area contributed by atoms with E-state index in [1.54, 1.807) is 18.2 Å². The molecule has 1 aromatic carbocycles. The molecule has 0 aliphatic carbocycles. The maximum atomic E-state index is 12.0. The van der Waals surface area contributed by atoms with Crippen molar-refractivity contribution in [2.24, 2.45) is 0 Å². The van der Waals surface area contributed by atoms with Crippen molar-refractivity contribution in [2.75, 3.05) is 18.4 Å². The Labute approximate surface area is 137 Å². The first-order valence-electron chi connectivity index (χ1n) is 7.36. The molecular formula is C16H16N4O4. The van der Waals surface area contributed by atoms with Crippen LogP contribution in [0.3, 0.4) is 0 Å². The molecule has 2 aromatic rings. The lowest BCUT2D eigenvalue weighted by Crippen LogP contribution is -2.38. The van der Waals surface area contributed by atoms with E-state index >= 15 is 0 Å². The minimum absolute atomic E-state index is 0.0789. The summed E-state index contributed by atoms with van der Waals surface area (Å²) in [5, 5.41) is 5.02. The fourth-order valence-corrected chi connectivity index (χ4v) is 2.29. The third-order valence-corrected chi connectivity index (χ3v) is 3.66. The van der Waals surface area contributed by atoms with Crippen LogP contribution in [-0.4, -0.2) is 40.8 Å². The second kappa shape index (κ2) is 6.15. The van der Waals surface area contributed by atoms with Crippen molar-refractivity contribution in [1.29, 1.82) is 0 Å². The van der Waals surface area contributed by atoms with E-state index in [1.807, 2.05) is 19.9 Å². The summed E-state index contributed by atoms with van der Waals surface area (Å²) in [6.45, 7) is 3.28. The number of carbonyl (C=O) groups excluding carboxylic acids is 3. The first-order valence-corrected chi connectivity index (χ1v) is 7.36. The van der Waals surface area contributed by atoms with Crippen molar-refractivity contribution >= 4 is 23.5 Å². The topological polar surface area (TPSA) is 105 Å². The van der Waals surface area contributed by atoms with Crippen LogP contribution in [0.5, 0.6) is 0 Å². The Morgan fingerprint density at radius 3 is 2.79 bits per heavy atom. The lowest BCUT2D eigenvalue weighted by molar-refractivity contribution is -0.128. The van der Waals surface area contributed by atoms with E-state index in [2.05, 4.69) is 15.6 Å². The van der Waals surface area contributed by atoms with Gasteiger partial charge in [0.25, 0.3) is 5.91 Å². The predicted molar refractivity (Wildman–Crippen MR) is 85.2 cm³/mol. The molecule has 0 radical (unpaired) electrons. The maximum absolute atomic E-state index is 12.0. The molecule has 24 heavy (non-hydrogen) atoms. The SMILES string of the molecule is Cc1nc(-c2cccc(NC(=O)CN3C(=O)CNC3=O)c2)oc1C. The monoisotopic (exact) mass is 328 g/mol. The number of aromatic nitrogens is 1. The van der Waals surface area contributed by atoms with Crippen molar-refractivity contribution in [3.8, 4) is 11.5 Å². The van der Waals surface area contributed by atoms with Crippen molar-refractivity contribution < 1.29 is 18.8 Å². The Morgan fingerprint density at radius 1 is 1.38 bits per heavy atom. The fourth-order valence-electron chi connectivity index (χ4n) is 2.29. The standard InChI is InChI=1S/C16H16N4O4/c1-9-10(2)24-15(18-9)11-4-3-5-12(6-11)19-13(21)8-20-14(22)7-17-16(20)23/h3-6H,7-8H2,1-2H3,(H,17,23)(H,19,21). The van der Waals surface area contributed by atoms with E-state index in [0.717, 1.165) is 21.9 Å². The number of rotatable bonds is 4. The number of aryl methyl sites for hydroxylation is 2. The van der Waals surface area contributed by atoms with Gasteiger partial charge in [-0.05, 0) is 32.0 Å². The van der Waals surface area contributed by atoms with Crippen LogP contribution >= 0.6 is 0 Å². The average Bonchev–Trinajstić information content (AvgIpc) is 3.04. The summed E-state index contributed by atoms with van der Waals surface area (Å²) in [5.41, 5.74) is 2.05. The molecule has 1 aliphatic heterocycles. The molecule has 0 bridgehead atoms. The van der Waals surface area contributed by atoms with Crippen LogP contribution in [0, 0.1) is 13.8 Å². The third kappa shape index (κ3) is 3.12. The zero-order chi connectivity index (χ0) is 17.3. The van der Waals surface area contributed by atoms with Gasteiger partial charge in [0, 0.05) is 11.3 Å². The van der Waals surface area contributed by atoms with Gasteiger partial charge in [-0.2, -0.15) is 0 Å². The van der Waals surface area contributed by atoms with E-state index in [0.29, 0.717) is 11.6 Å². The number of imide groups is 1. The van der Waals surface area contributed by atoms with Crippen LogP contribution in [0.25, 0.3) is 11.5 Å². The van der Waals surface area contributed by atoms with Gasteiger partial charge in [0.1, 0.15) is 12.3 Å². The third-order valence-electron chi connectivity index (χ3n) is 3.66. The van der Waals surface area contributed by atoms with Crippen LogP contribution in [0.15, 0.2) is 28.7 Å². The van der Waals surface area contributed by atoms with Crippen molar-refractivity contribution in [1.82, 2.24) is 15.2 Å². The highest BCUT2D eigenvalue weighted by Gasteiger charge is 2.30. The molecule has 4 amide bonds. The Kier molecular flexibility index (Phi) is 4.03. The number of anilines is 1. The molecule has 124 valence electrons. The van der Waals surface area contributed by atoms with Crippen LogP contribution in [-0.2, 0) is 9.59 Å². The lowest BCUT2D eigenvalue weighted by Gasteiger charge is -2.12. The van der Waals surface area contributed by atoms with Crippen LogP contribution in [0.2, 0.25) is 0 Å². The Balaban J connectivity index is 1.71. The number of oxazole rings is 1.